The van der Waals surface area contributed by atoms with Gasteiger partial charge >= 0.3 is 0 Å². The van der Waals surface area contributed by atoms with Crippen LogP contribution in [0.15, 0.2) is 11.4 Å². The highest BCUT2D eigenvalue weighted by Crippen LogP contribution is 2.19. The average molecular weight is 209 g/mol. The molecule has 1 aromatic heterocycles. The highest BCUT2D eigenvalue weighted by Gasteiger charge is 2.20. The lowest BCUT2D eigenvalue weighted by molar-refractivity contribution is 0.0982. The summed E-state index contributed by atoms with van der Waals surface area (Å²) in [6.45, 7) is 2.84. The molecule has 0 radical (unpaired) electrons. The average Bonchev–Trinajstić information content (AvgIpc) is 2.87. The molecular formula is C11H15NOS. The maximum atomic E-state index is 11.7. The van der Waals surface area contributed by atoms with Gasteiger partial charge < -0.3 is 5.32 Å². The Bertz CT molecular complexity index is 328. The van der Waals surface area contributed by atoms with Crippen LogP contribution in [0.5, 0.6) is 0 Å². The number of Topliss-reactive ketones (excluding diaryl/α,β-unsaturated/α-hetero) is 1. The quantitative estimate of drug-likeness (QED) is 0.754. The third kappa shape index (κ3) is 2.42. The van der Waals surface area contributed by atoms with Crippen LogP contribution in [0.3, 0.4) is 0 Å². The van der Waals surface area contributed by atoms with Crippen LogP contribution in [0.2, 0.25) is 0 Å². The van der Waals surface area contributed by atoms with Crippen molar-refractivity contribution >= 4 is 17.1 Å². The van der Waals surface area contributed by atoms with E-state index in [1.165, 1.54) is 12.8 Å². The van der Waals surface area contributed by atoms with Crippen molar-refractivity contribution in [2.75, 3.05) is 6.54 Å². The first-order valence-corrected chi connectivity index (χ1v) is 5.96. The summed E-state index contributed by atoms with van der Waals surface area (Å²) in [6, 6.07) is 2.63. The number of rotatable bonds is 5. The Labute approximate surface area is 88.3 Å². The second-order valence-electron chi connectivity index (χ2n) is 3.79. The number of ketones is 1. The second-order valence-corrected chi connectivity index (χ2v) is 4.91. The molecule has 0 atom stereocenters. The van der Waals surface area contributed by atoms with E-state index in [0.29, 0.717) is 12.5 Å². The van der Waals surface area contributed by atoms with E-state index in [2.05, 4.69) is 5.32 Å². The predicted molar refractivity (Wildman–Crippen MR) is 59.0 cm³/mol. The van der Waals surface area contributed by atoms with E-state index in [0.717, 1.165) is 17.0 Å². The molecule has 3 heteroatoms. The molecule has 14 heavy (non-hydrogen) atoms. The minimum atomic E-state index is 0.275. The topological polar surface area (TPSA) is 29.1 Å². The number of thiophene rings is 1. The fourth-order valence-corrected chi connectivity index (χ4v) is 2.20. The molecule has 0 aliphatic heterocycles. The lowest BCUT2D eigenvalue weighted by Gasteiger charge is -2.01. The maximum absolute atomic E-state index is 11.7. The van der Waals surface area contributed by atoms with Gasteiger partial charge in [0.2, 0.25) is 0 Å². The number of carbonyl (C=O) groups excluding carboxylic acids is 1. The normalized spacial score (nSPS) is 15.8. The number of nitrogens with one attached hydrogen (secondary N) is 1. The summed E-state index contributed by atoms with van der Waals surface area (Å²) in [5, 5.41) is 5.33. The standard InChI is InChI=1S/C11H15NOS/c1-8-10(5-7-14-8)11(13)4-6-12-9-2-3-9/h5,7,9,12H,2-4,6H2,1H3. The van der Waals surface area contributed by atoms with E-state index in [9.17, 15) is 4.79 Å². The summed E-state index contributed by atoms with van der Waals surface area (Å²) in [6.07, 6.45) is 3.20. The maximum Gasteiger partial charge on any atom is 0.165 e. The summed E-state index contributed by atoms with van der Waals surface area (Å²) in [4.78, 5) is 12.8. The van der Waals surface area contributed by atoms with Gasteiger partial charge in [0.05, 0.1) is 0 Å². The van der Waals surface area contributed by atoms with Crippen LogP contribution in [0, 0.1) is 6.92 Å². The monoisotopic (exact) mass is 209 g/mol. The van der Waals surface area contributed by atoms with Gasteiger partial charge in [-0.15, -0.1) is 11.3 Å². The lowest BCUT2D eigenvalue weighted by atomic mass is 10.1. The van der Waals surface area contributed by atoms with Gasteiger partial charge in [0.25, 0.3) is 0 Å². The van der Waals surface area contributed by atoms with Crippen molar-refractivity contribution < 1.29 is 4.79 Å². The van der Waals surface area contributed by atoms with Crippen LogP contribution >= 0.6 is 11.3 Å². The summed E-state index contributed by atoms with van der Waals surface area (Å²) in [5.74, 6) is 0.275. The molecule has 0 saturated heterocycles. The Kier molecular flexibility index (Phi) is 2.99. The van der Waals surface area contributed by atoms with Crippen LogP contribution in [0.4, 0.5) is 0 Å². The molecule has 1 N–H and O–H groups in total. The highest BCUT2D eigenvalue weighted by molar-refractivity contribution is 7.10. The van der Waals surface area contributed by atoms with Gasteiger partial charge in [-0.25, -0.2) is 0 Å². The van der Waals surface area contributed by atoms with Crippen LogP contribution < -0.4 is 5.32 Å². The SMILES string of the molecule is Cc1sccc1C(=O)CCNC1CC1. The summed E-state index contributed by atoms with van der Waals surface area (Å²) in [5.41, 5.74) is 0.910. The molecule has 1 aliphatic rings. The molecule has 2 nitrogen and oxygen atoms in total. The molecule has 1 aliphatic carbocycles. The molecule has 1 fully saturated rings. The third-order valence-corrected chi connectivity index (χ3v) is 3.37. The van der Waals surface area contributed by atoms with E-state index in [-0.39, 0.29) is 5.78 Å². The van der Waals surface area contributed by atoms with Crippen molar-refractivity contribution in [1.29, 1.82) is 0 Å². The van der Waals surface area contributed by atoms with Gasteiger partial charge in [-0.3, -0.25) is 4.79 Å². The Balaban J connectivity index is 1.79. The van der Waals surface area contributed by atoms with Crippen molar-refractivity contribution in [2.45, 2.75) is 32.2 Å². The Morgan fingerprint density at radius 2 is 2.43 bits per heavy atom. The Morgan fingerprint density at radius 3 is 3.00 bits per heavy atom. The van der Waals surface area contributed by atoms with Crippen LogP contribution in [-0.4, -0.2) is 18.4 Å². The van der Waals surface area contributed by atoms with Crippen molar-refractivity contribution in [3.8, 4) is 0 Å². The molecule has 2 rings (SSSR count). The first-order valence-electron chi connectivity index (χ1n) is 5.08. The molecule has 0 aromatic carbocycles. The molecule has 0 amide bonds. The molecule has 76 valence electrons. The summed E-state index contributed by atoms with van der Waals surface area (Å²) >= 11 is 1.64. The second kappa shape index (κ2) is 4.24. The fraction of sp³-hybridized carbons (Fsp3) is 0.545. The van der Waals surface area contributed by atoms with Gasteiger partial charge in [-0.2, -0.15) is 0 Å². The Morgan fingerprint density at radius 1 is 1.64 bits per heavy atom. The highest BCUT2D eigenvalue weighted by atomic mass is 32.1. The third-order valence-electron chi connectivity index (χ3n) is 2.52. The molecule has 1 heterocycles. The van der Waals surface area contributed by atoms with Crippen molar-refractivity contribution in [1.82, 2.24) is 5.32 Å². The van der Waals surface area contributed by atoms with Gasteiger partial charge in [-0.1, -0.05) is 0 Å². The van der Waals surface area contributed by atoms with Crippen LogP contribution in [-0.2, 0) is 0 Å². The molecular weight excluding hydrogens is 194 g/mol. The van der Waals surface area contributed by atoms with Gasteiger partial charge in [0.1, 0.15) is 0 Å². The van der Waals surface area contributed by atoms with Crippen molar-refractivity contribution in [3.63, 3.8) is 0 Å². The first kappa shape index (κ1) is 9.87. The first-order chi connectivity index (χ1) is 6.77. The van der Waals surface area contributed by atoms with Gasteiger partial charge in [0.15, 0.2) is 5.78 Å². The Hall–Kier alpha value is -0.670. The molecule has 0 unspecified atom stereocenters. The molecule has 1 saturated carbocycles. The number of carbonyl (C=O) groups is 1. The van der Waals surface area contributed by atoms with E-state index in [1.54, 1.807) is 11.3 Å². The van der Waals surface area contributed by atoms with E-state index < -0.39 is 0 Å². The van der Waals surface area contributed by atoms with Gasteiger partial charge in [0, 0.05) is 29.4 Å². The number of hydrogen-bond donors (Lipinski definition) is 1. The summed E-state index contributed by atoms with van der Waals surface area (Å²) < 4.78 is 0. The van der Waals surface area contributed by atoms with E-state index >= 15 is 0 Å². The summed E-state index contributed by atoms with van der Waals surface area (Å²) in [7, 11) is 0. The van der Waals surface area contributed by atoms with Crippen molar-refractivity contribution in [2.24, 2.45) is 0 Å². The predicted octanol–water partition coefficient (Wildman–Crippen LogP) is 2.38. The van der Waals surface area contributed by atoms with Crippen LogP contribution in [0.25, 0.3) is 0 Å². The largest absolute Gasteiger partial charge is 0.314 e. The minimum absolute atomic E-state index is 0.275. The van der Waals surface area contributed by atoms with E-state index in [4.69, 9.17) is 0 Å². The van der Waals surface area contributed by atoms with Gasteiger partial charge in [-0.05, 0) is 31.2 Å². The number of aryl methyl sites for hydroxylation is 1. The molecule has 1 aromatic rings. The zero-order chi connectivity index (χ0) is 9.97. The molecule has 0 spiro atoms. The smallest absolute Gasteiger partial charge is 0.165 e. The van der Waals surface area contributed by atoms with Crippen molar-refractivity contribution in [3.05, 3.63) is 21.9 Å². The van der Waals surface area contributed by atoms with Crippen LogP contribution in [0.1, 0.15) is 34.5 Å². The zero-order valence-corrected chi connectivity index (χ0v) is 9.19. The molecule has 0 bridgehead atoms. The lowest BCUT2D eigenvalue weighted by Crippen LogP contribution is -2.20. The zero-order valence-electron chi connectivity index (χ0n) is 8.38. The number of hydrogen-bond acceptors (Lipinski definition) is 3. The van der Waals surface area contributed by atoms with E-state index in [1.807, 2.05) is 18.4 Å². The fourth-order valence-electron chi connectivity index (χ4n) is 1.49. The minimum Gasteiger partial charge on any atom is -0.314 e.